The highest BCUT2D eigenvalue weighted by Gasteiger charge is 2.68. The molecule has 53 heavy (non-hydrogen) atoms. The summed E-state index contributed by atoms with van der Waals surface area (Å²) in [6.07, 6.45) is 5.43. The highest BCUT2D eigenvalue weighted by molar-refractivity contribution is 6.03. The molecule has 5 fully saturated rings. The van der Waals surface area contributed by atoms with Crippen LogP contribution in [0.15, 0.2) is 30.3 Å². The molecule has 2 aromatic rings. The van der Waals surface area contributed by atoms with Gasteiger partial charge >= 0.3 is 11.9 Å². The standard InChI is InChI=1S/C41H50O12/c1-22-8-12-30-23(2)39(50-34-21-40(3)17-16-29(22)41(30,34)53-52-40)51-36(44)15-14-35(43)49-32-18-24(9-13-31(32)45-4)27-19-25(42)10-11-26-28(27)20-33(46-5)38(48-7)37(26)47-6/h9,13,18-20,22-23,29-30,34,39H,8,10-12,14-17,21H2,1-7H3/t22-,23-,29+,30+,34-,39+,40-,41-/m0/s1. The van der Waals surface area contributed by atoms with Crippen molar-refractivity contribution in [2.24, 2.45) is 23.7 Å². The molecule has 0 aromatic heterocycles. The summed E-state index contributed by atoms with van der Waals surface area (Å²) in [4.78, 5) is 51.8. The summed E-state index contributed by atoms with van der Waals surface area (Å²) >= 11 is 0. The van der Waals surface area contributed by atoms with Crippen LogP contribution in [-0.2, 0) is 40.1 Å². The van der Waals surface area contributed by atoms with Crippen molar-refractivity contribution < 1.29 is 57.3 Å². The number of carbonyl (C=O) groups excluding carboxylic acids is 3. The van der Waals surface area contributed by atoms with Gasteiger partial charge in [-0.25, -0.2) is 9.78 Å². The minimum Gasteiger partial charge on any atom is -0.493 e. The van der Waals surface area contributed by atoms with Crippen LogP contribution < -0.4 is 23.7 Å². The van der Waals surface area contributed by atoms with Gasteiger partial charge in [-0.3, -0.25) is 14.4 Å². The lowest BCUT2D eigenvalue weighted by Crippen LogP contribution is -2.69. The van der Waals surface area contributed by atoms with Gasteiger partial charge in [0.05, 0.1) is 47.4 Å². The van der Waals surface area contributed by atoms with E-state index in [1.54, 1.807) is 31.4 Å². The fraction of sp³-hybridized carbons (Fsp3) is 0.585. The van der Waals surface area contributed by atoms with Crippen LogP contribution in [-0.4, -0.2) is 69.8 Å². The van der Waals surface area contributed by atoms with Crippen LogP contribution in [0.2, 0.25) is 0 Å². The Kier molecular flexibility index (Phi) is 10.2. The summed E-state index contributed by atoms with van der Waals surface area (Å²) in [6.45, 7) is 6.40. The summed E-state index contributed by atoms with van der Waals surface area (Å²) in [5.41, 5.74) is 1.72. The lowest BCUT2D eigenvalue weighted by Gasteiger charge is -2.60. The van der Waals surface area contributed by atoms with Crippen LogP contribution >= 0.6 is 0 Å². The van der Waals surface area contributed by atoms with E-state index < -0.39 is 29.4 Å². The zero-order chi connectivity index (χ0) is 37.7. The van der Waals surface area contributed by atoms with E-state index in [0.29, 0.717) is 58.8 Å². The number of allylic oxidation sites excluding steroid dienone is 1. The second-order valence-corrected chi connectivity index (χ2v) is 15.4. The summed E-state index contributed by atoms with van der Waals surface area (Å²) in [5, 5.41) is 0. The predicted molar refractivity (Wildman–Crippen MR) is 191 cm³/mol. The molecule has 2 aromatic carbocycles. The number of fused-ring (bicyclic) bond motifs is 3. The van der Waals surface area contributed by atoms with Crippen molar-refractivity contribution in [2.75, 3.05) is 28.4 Å². The first kappa shape index (κ1) is 37.2. The van der Waals surface area contributed by atoms with Crippen molar-refractivity contribution in [3.8, 4) is 28.7 Å². The number of esters is 2. The lowest BCUT2D eigenvalue weighted by molar-refractivity contribution is -0.494. The molecule has 2 saturated carbocycles. The average Bonchev–Trinajstić information content (AvgIpc) is 3.48. The van der Waals surface area contributed by atoms with Gasteiger partial charge in [-0.1, -0.05) is 19.9 Å². The normalized spacial score (nSPS) is 31.5. The number of benzene rings is 2. The Balaban J connectivity index is 1.05. The Morgan fingerprint density at radius 2 is 1.58 bits per heavy atom. The molecule has 0 N–H and O–H groups in total. The zero-order valence-electron chi connectivity index (χ0n) is 31.6. The largest absolute Gasteiger partial charge is 0.493 e. The Labute approximate surface area is 310 Å². The first-order valence-corrected chi connectivity index (χ1v) is 18.6. The van der Waals surface area contributed by atoms with Crippen LogP contribution in [0, 0.1) is 23.7 Å². The summed E-state index contributed by atoms with van der Waals surface area (Å²) in [6, 6.07) is 6.91. The highest BCUT2D eigenvalue weighted by atomic mass is 17.2. The van der Waals surface area contributed by atoms with Gasteiger partial charge in [0.25, 0.3) is 0 Å². The van der Waals surface area contributed by atoms with Crippen molar-refractivity contribution in [3.05, 3.63) is 47.0 Å². The van der Waals surface area contributed by atoms with E-state index in [0.717, 1.165) is 36.8 Å². The molecule has 3 aliphatic carbocycles. The van der Waals surface area contributed by atoms with Gasteiger partial charge in [0.2, 0.25) is 12.0 Å². The van der Waals surface area contributed by atoms with Crippen molar-refractivity contribution >= 4 is 23.3 Å². The van der Waals surface area contributed by atoms with E-state index >= 15 is 0 Å². The van der Waals surface area contributed by atoms with Gasteiger partial charge < -0.3 is 33.2 Å². The first-order chi connectivity index (χ1) is 25.4. The van der Waals surface area contributed by atoms with Crippen molar-refractivity contribution in [2.45, 2.75) is 102 Å². The fourth-order valence-electron chi connectivity index (χ4n) is 9.55. The maximum atomic E-state index is 13.2. The number of ether oxygens (including phenoxy) is 7. The summed E-state index contributed by atoms with van der Waals surface area (Å²) < 4.78 is 40.8. The molecular formula is C41H50O12. The van der Waals surface area contributed by atoms with Crippen molar-refractivity contribution in [3.63, 3.8) is 0 Å². The van der Waals surface area contributed by atoms with Crippen LogP contribution in [0.5, 0.6) is 28.7 Å². The predicted octanol–water partition coefficient (Wildman–Crippen LogP) is 6.56. The van der Waals surface area contributed by atoms with Gasteiger partial charge in [0.15, 0.2) is 28.8 Å². The number of carbonyl (C=O) groups is 3. The number of hydrogen-bond donors (Lipinski definition) is 0. The van der Waals surface area contributed by atoms with Gasteiger partial charge in [-0.05, 0) is 91.8 Å². The smallest absolute Gasteiger partial charge is 0.311 e. The van der Waals surface area contributed by atoms with Crippen molar-refractivity contribution in [1.29, 1.82) is 0 Å². The molecule has 2 bridgehead atoms. The molecule has 0 radical (unpaired) electrons. The SMILES string of the molecule is COc1ccc(C2=CC(=O)CCc3c2cc(OC)c(OC)c3OC)cc1OC(=O)CCC(=O)O[C@H]1O[C@H]2C[C@]3(C)CC[C@@H]4[C@@H](C)CC[C@H]([C@@H]1C)[C@]24OO3. The Morgan fingerprint density at radius 1 is 0.830 bits per heavy atom. The third-order valence-corrected chi connectivity index (χ3v) is 12.3. The monoisotopic (exact) mass is 734 g/mol. The maximum absolute atomic E-state index is 13.2. The minimum absolute atomic E-state index is 0.0741. The quantitative estimate of drug-likeness (QED) is 0.149. The molecule has 0 amide bonds. The topological polar surface area (TPSA) is 134 Å². The second-order valence-electron chi connectivity index (χ2n) is 15.4. The molecule has 286 valence electrons. The Bertz CT molecular complexity index is 1800. The number of methoxy groups -OCH3 is 4. The van der Waals surface area contributed by atoms with E-state index in [4.69, 9.17) is 42.9 Å². The third kappa shape index (κ3) is 6.56. The molecule has 8 rings (SSSR count). The van der Waals surface area contributed by atoms with E-state index in [1.807, 2.05) is 6.07 Å². The van der Waals surface area contributed by atoms with E-state index in [2.05, 4.69) is 20.8 Å². The van der Waals surface area contributed by atoms with E-state index in [9.17, 15) is 14.4 Å². The minimum atomic E-state index is -0.757. The Hall–Kier alpha value is -4.13. The molecular weight excluding hydrogens is 684 g/mol. The second kappa shape index (κ2) is 14.6. The number of hydrogen-bond acceptors (Lipinski definition) is 12. The van der Waals surface area contributed by atoms with Crippen LogP contribution in [0.4, 0.5) is 0 Å². The molecule has 12 nitrogen and oxygen atoms in total. The molecule has 8 atom stereocenters. The average molecular weight is 735 g/mol. The van der Waals surface area contributed by atoms with Crippen LogP contribution in [0.1, 0.15) is 88.8 Å². The highest BCUT2D eigenvalue weighted by Crippen LogP contribution is 2.61. The Morgan fingerprint density at radius 3 is 2.32 bits per heavy atom. The maximum Gasteiger partial charge on any atom is 0.311 e. The van der Waals surface area contributed by atoms with E-state index in [-0.39, 0.29) is 48.7 Å². The molecule has 6 aliphatic rings. The number of ketones is 1. The summed E-state index contributed by atoms with van der Waals surface area (Å²) in [5.74, 6) is 1.34. The molecule has 3 saturated heterocycles. The van der Waals surface area contributed by atoms with Crippen LogP contribution in [0.25, 0.3) is 5.57 Å². The van der Waals surface area contributed by atoms with Crippen molar-refractivity contribution in [1.82, 2.24) is 0 Å². The lowest BCUT2D eigenvalue weighted by atomic mass is 9.56. The van der Waals surface area contributed by atoms with Crippen LogP contribution in [0.3, 0.4) is 0 Å². The van der Waals surface area contributed by atoms with Gasteiger partial charge in [0.1, 0.15) is 11.2 Å². The van der Waals surface area contributed by atoms with Gasteiger partial charge in [-0.2, -0.15) is 0 Å². The molecule has 3 heterocycles. The summed E-state index contributed by atoms with van der Waals surface area (Å²) in [7, 11) is 6.08. The first-order valence-electron chi connectivity index (χ1n) is 18.6. The fourth-order valence-corrected chi connectivity index (χ4v) is 9.55. The van der Waals surface area contributed by atoms with Gasteiger partial charge in [-0.15, -0.1) is 0 Å². The molecule has 0 unspecified atom stereocenters. The molecule has 1 spiro atoms. The zero-order valence-corrected chi connectivity index (χ0v) is 31.6. The third-order valence-electron chi connectivity index (χ3n) is 12.3. The number of rotatable bonds is 10. The van der Waals surface area contributed by atoms with Gasteiger partial charge in [0, 0.05) is 30.2 Å². The molecule has 12 heteroatoms. The molecule has 3 aliphatic heterocycles. The van der Waals surface area contributed by atoms with E-state index in [1.165, 1.54) is 21.3 Å².